The largest absolute Gasteiger partial charge is 0.480 e. The molecule has 1 rings (SSSR count). The molecule has 0 aromatic heterocycles. The summed E-state index contributed by atoms with van der Waals surface area (Å²) in [4.78, 5) is 12.9. The zero-order valence-corrected chi connectivity index (χ0v) is 8.78. The van der Waals surface area contributed by atoms with Gasteiger partial charge in [0.05, 0.1) is 0 Å². The fourth-order valence-corrected chi connectivity index (χ4v) is 2.09. The van der Waals surface area contributed by atoms with Gasteiger partial charge in [-0.1, -0.05) is 6.92 Å². The van der Waals surface area contributed by atoms with Gasteiger partial charge in [0.15, 0.2) is 0 Å². The zero-order valence-electron chi connectivity index (χ0n) is 8.78. The Labute approximate surface area is 85.1 Å². The quantitative estimate of drug-likeness (QED) is 0.694. The molecule has 0 amide bonds. The van der Waals surface area contributed by atoms with Gasteiger partial charge in [-0.05, 0) is 38.3 Å². The lowest BCUT2D eigenvalue weighted by Gasteiger charge is -2.32. The van der Waals surface area contributed by atoms with Gasteiger partial charge in [0, 0.05) is 6.54 Å². The number of aliphatic carboxylic acids is 1. The summed E-state index contributed by atoms with van der Waals surface area (Å²) < 4.78 is 0. The number of hydrogen-bond acceptors (Lipinski definition) is 3. The highest BCUT2D eigenvalue weighted by molar-refractivity contribution is 5.73. The van der Waals surface area contributed by atoms with Crippen molar-refractivity contribution in [2.24, 2.45) is 11.7 Å². The normalized spacial score (nSPS) is 26.0. The van der Waals surface area contributed by atoms with Crippen molar-refractivity contribution in [3.8, 4) is 0 Å². The van der Waals surface area contributed by atoms with E-state index in [1.807, 2.05) is 0 Å². The van der Waals surface area contributed by atoms with Crippen LogP contribution in [-0.4, -0.2) is 41.7 Å². The average molecular weight is 200 g/mol. The van der Waals surface area contributed by atoms with Gasteiger partial charge in [-0.2, -0.15) is 0 Å². The van der Waals surface area contributed by atoms with Crippen LogP contribution in [0.2, 0.25) is 0 Å². The molecule has 4 nitrogen and oxygen atoms in total. The molecule has 0 spiro atoms. The lowest BCUT2D eigenvalue weighted by molar-refractivity contribution is -0.139. The summed E-state index contributed by atoms with van der Waals surface area (Å²) in [6.45, 7) is 5.35. The Morgan fingerprint density at radius 1 is 1.71 bits per heavy atom. The SMILES string of the molecule is CCN1CCCC(CC(N)C(=O)O)C1. The fraction of sp³-hybridized carbons (Fsp3) is 0.900. The second kappa shape index (κ2) is 5.32. The molecule has 0 aliphatic carbocycles. The number of likely N-dealkylation sites (tertiary alicyclic amines) is 1. The first kappa shape index (κ1) is 11.5. The third kappa shape index (κ3) is 3.27. The Hall–Kier alpha value is -0.610. The third-order valence-electron chi connectivity index (χ3n) is 2.95. The Bertz CT molecular complexity index is 197. The van der Waals surface area contributed by atoms with Gasteiger partial charge in [0.2, 0.25) is 0 Å². The summed E-state index contributed by atoms with van der Waals surface area (Å²) in [5.74, 6) is -0.409. The number of rotatable bonds is 4. The van der Waals surface area contributed by atoms with Crippen LogP contribution >= 0.6 is 0 Å². The second-order valence-corrected chi connectivity index (χ2v) is 4.08. The topological polar surface area (TPSA) is 66.6 Å². The monoisotopic (exact) mass is 200 g/mol. The standard InChI is InChI=1S/C10H20N2O2/c1-2-12-5-3-4-8(7-12)6-9(11)10(13)14/h8-9H,2-7,11H2,1H3,(H,13,14). The Kier molecular flexibility index (Phi) is 4.35. The smallest absolute Gasteiger partial charge is 0.320 e. The maximum atomic E-state index is 10.6. The summed E-state index contributed by atoms with van der Waals surface area (Å²) in [7, 11) is 0. The van der Waals surface area contributed by atoms with Crippen LogP contribution < -0.4 is 5.73 Å². The molecule has 2 unspecified atom stereocenters. The van der Waals surface area contributed by atoms with Gasteiger partial charge in [0.25, 0.3) is 0 Å². The highest BCUT2D eigenvalue weighted by Crippen LogP contribution is 2.20. The molecule has 4 heteroatoms. The fourth-order valence-electron chi connectivity index (χ4n) is 2.09. The van der Waals surface area contributed by atoms with Crippen molar-refractivity contribution < 1.29 is 9.90 Å². The molecule has 0 bridgehead atoms. The van der Waals surface area contributed by atoms with E-state index in [-0.39, 0.29) is 0 Å². The third-order valence-corrected chi connectivity index (χ3v) is 2.95. The van der Waals surface area contributed by atoms with Gasteiger partial charge in [-0.3, -0.25) is 4.79 Å². The molecule has 14 heavy (non-hydrogen) atoms. The summed E-state index contributed by atoms with van der Waals surface area (Å²) in [6.07, 6.45) is 2.91. The molecule has 1 fully saturated rings. The molecule has 1 saturated heterocycles. The highest BCUT2D eigenvalue weighted by Gasteiger charge is 2.23. The minimum Gasteiger partial charge on any atom is -0.480 e. The van der Waals surface area contributed by atoms with Crippen molar-refractivity contribution in [2.45, 2.75) is 32.2 Å². The second-order valence-electron chi connectivity index (χ2n) is 4.08. The first-order chi connectivity index (χ1) is 6.63. The zero-order chi connectivity index (χ0) is 10.6. The maximum Gasteiger partial charge on any atom is 0.320 e. The number of carboxylic acids is 1. The lowest BCUT2D eigenvalue weighted by atomic mass is 9.91. The highest BCUT2D eigenvalue weighted by atomic mass is 16.4. The summed E-state index contributed by atoms with van der Waals surface area (Å²) in [5, 5.41) is 8.70. The van der Waals surface area contributed by atoms with Gasteiger partial charge in [-0.25, -0.2) is 0 Å². The Morgan fingerprint density at radius 2 is 2.43 bits per heavy atom. The summed E-state index contributed by atoms with van der Waals surface area (Å²) in [6, 6.07) is -0.684. The molecule has 1 aliphatic heterocycles. The molecule has 82 valence electrons. The van der Waals surface area contributed by atoms with E-state index in [0.29, 0.717) is 12.3 Å². The van der Waals surface area contributed by atoms with Crippen LogP contribution in [0.3, 0.4) is 0 Å². The molecule has 2 atom stereocenters. The summed E-state index contributed by atoms with van der Waals surface area (Å²) in [5.41, 5.74) is 5.52. The predicted molar refractivity (Wildman–Crippen MR) is 55.1 cm³/mol. The number of carbonyl (C=O) groups is 1. The van der Waals surface area contributed by atoms with Crippen molar-refractivity contribution in [3.63, 3.8) is 0 Å². The van der Waals surface area contributed by atoms with Crippen LogP contribution in [-0.2, 0) is 4.79 Å². The van der Waals surface area contributed by atoms with Crippen molar-refractivity contribution in [3.05, 3.63) is 0 Å². The number of nitrogens with two attached hydrogens (primary N) is 1. The lowest BCUT2D eigenvalue weighted by Crippen LogP contribution is -2.40. The predicted octanol–water partition coefficient (Wildman–Crippen LogP) is 0.520. The first-order valence-corrected chi connectivity index (χ1v) is 5.34. The Morgan fingerprint density at radius 3 is 3.00 bits per heavy atom. The van der Waals surface area contributed by atoms with Crippen molar-refractivity contribution >= 4 is 5.97 Å². The van der Waals surface area contributed by atoms with Crippen LogP contribution in [0, 0.1) is 5.92 Å². The van der Waals surface area contributed by atoms with E-state index in [1.54, 1.807) is 0 Å². The van der Waals surface area contributed by atoms with Crippen molar-refractivity contribution in [1.82, 2.24) is 4.90 Å². The van der Waals surface area contributed by atoms with Crippen LogP contribution in [0.1, 0.15) is 26.2 Å². The molecular formula is C10H20N2O2. The Balaban J connectivity index is 2.33. The molecule has 0 aromatic rings. The molecule has 0 radical (unpaired) electrons. The van der Waals surface area contributed by atoms with E-state index < -0.39 is 12.0 Å². The molecule has 0 aromatic carbocycles. The van der Waals surface area contributed by atoms with Gasteiger partial charge in [-0.15, -0.1) is 0 Å². The number of piperidine rings is 1. The summed E-state index contributed by atoms with van der Waals surface area (Å²) >= 11 is 0. The number of hydrogen-bond donors (Lipinski definition) is 2. The van der Waals surface area contributed by atoms with E-state index in [0.717, 1.165) is 26.1 Å². The van der Waals surface area contributed by atoms with E-state index in [1.165, 1.54) is 6.42 Å². The van der Waals surface area contributed by atoms with E-state index in [2.05, 4.69) is 11.8 Å². The van der Waals surface area contributed by atoms with Crippen LogP contribution in [0.25, 0.3) is 0 Å². The first-order valence-electron chi connectivity index (χ1n) is 5.34. The van der Waals surface area contributed by atoms with Crippen molar-refractivity contribution in [2.75, 3.05) is 19.6 Å². The molecule has 0 saturated carbocycles. The number of nitrogens with zero attached hydrogens (tertiary/aromatic N) is 1. The molecule has 3 N–H and O–H groups in total. The van der Waals surface area contributed by atoms with Gasteiger partial charge < -0.3 is 15.7 Å². The van der Waals surface area contributed by atoms with Gasteiger partial charge in [0.1, 0.15) is 6.04 Å². The van der Waals surface area contributed by atoms with Crippen LogP contribution in [0.4, 0.5) is 0 Å². The van der Waals surface area contributed by atoms with E-state index in [4.69, 9.17) is 10.8 Å². The van der Waals surface area contributed by atoms with E-state index >= 15 is 0 Å². The van der Waals surface area contributed by atoms with Gasteiger partial charge >= 0.3 is 5.97 Å². The maximum absolute atomic E-state index is 10.6. The minimum absolute atomic E-state index is 0.467. The van der Waals surface area contributed by atoms with E-state index in [9.17, 15) is 4.79 Å². The average Bonchev–Trinajstić information content (AvgIpc) is 2.18. The molecule has 1 heterocycles. The molecular weight excluding hydrogens is 180 g/mol. The van der Waals surface area contributed by atoms with Crippen molar-refractivity contribution in [1.29, 1.82) is 0 Å². The number of carboxylic acid groups (broad SMARTS) is 1. The minimum atomic E-state index is -0.876. The van der Waals surface area contributed by atoms with Crippen LogP contribution in [0.15, 0.2) is 0 Å². The molecule has 1 aliphatic rings. The van der Waals surface area contributed by atoms with Crippen LogP contribution in [0.5, 0.6) is 0 Å².